The number of anilines is 1. The smallest absolute Gasteiger partial charge is 0.256 e. The molecule has 1 N–H and O–H groups in total. The van der Waals surface area contributed by atoms with Crippen molar-refractivity contribution in [3.8, 4) is 0 Å². The Bertz CT molecular complexity index is 533. The van der Waals surface area contributed by atoms with Crippen LogP contribution in [0.25, 0.3) is 0 Å². The molecule has 1 atom stereocenters. The van der Waals surface area contributed by atoms with Crippen LogP contribution in [0, 0.1) is 5.82 Å². The lowest BCUT2D eigenvalue weighted by molar-refractivity contribution is -0.125. The van der Waals surface area contributed by atoms with Crippen molar-refractivity contribution < 1.29 is 14.0 Å². The van der Waals surface area contributed by atoms with E-state index in [2.05, 4.69) is 5.32 Å². The van der Waals surface area contributed by atoms with E-state index in [1.165, 1.54) is 47.9 Å². The van der Waals surface area contributed by atoms with E-state index in [1.807, 2.05) is 0 Å². The van der Waals surface area contributed by atoms with E-state index in [4.69, 9.17) is 12.2 Å². The van der Waals surface area contributed by atoms with E-state index in [1.54, 1.807) is 0 Å². The van der Waals surface area contributed by atoms with Gasteiger partial charge in [0, 0.05) is 12.7 Å². The molecule has 1 aliphatic rings. The summed E-state index contributed by atoms with van der Waals surface area (Å²) in [6.45, 7) is 1.35. The van der Waals surface area contributed by atoms with Crippen LogP contribution in [-0.2, 0) is 9.59 Å². The Balaban J connectivity index is 2.26. The maximum Gasteiger partial charge on any atom is 0.256 e. The average molecular weight is 298 g/mol. The third-order valence-corrected chi connectivity index (χ3v) is 4.00. The van der Waals surface area contributed by atoms with E-state index < -0.39 is 6.04 Å². The number of nitrogens with one attached hydrogen (secondary N) is 1. The summed E-state index contributed by atoms with van der Waals surface area (Å²) in [4.78, 5) is 24.6. The predicted molar refractivity (Wildman–Crippen MR) is 76.5 cm³/mol. The lowest BCUT2D eigenvalue weighted by atomic mass is 10.2. The quantitative estimate of drug-likeness (QED) is 0.844. The second kappa shape index (κ2) is 5.66. The van der Waals surface area contributed by atoms with Gasteiger partial charge in [0.25, 0.3) is 5.91 Å². The third-order valence-electron chi connectivity index (χ3n) is 2.54. The number of hydrogen-bond acceptors (Lipinski definition) is 4. The van der Waals surface area contributed by atoms with E-state index in [-0.39, 0.29) is 17.6 Å². The van der Waals surface area contributed by atoms with Gasteiger partial charge in [0.1, 0.15) is 16.2 Å². The van der Waals surface area contributed by atoms with Gasteiger partial charge in [-0.1, -0.05) is 24.0 Å². The van der Waals surface area contributed by atoms with Gasteiger partial charge in [-0.2, -0.15) is 0 Å². The zero-order valence-electron chi connectivity index (χ0n) is 10.1. The molecule has 2 rings (SSSR count). The summed E-state index contributed by atoms with van der Waals surface area (Å²) in [7, 11) is 0. The maximum absolute atomic E-state index is 12.9. The van der Waals surface area contributed by atoms with Gasteiger partial charge in [-0.3, -0.25) is 14.5 Å². The van der Waals surface area contributed by atoms with Crippen LogP contribution in [0.4, 0.5) is 10.1 Å². The molecule has 1 fully saturated rings. The normalized spacial score (nSPS) is 19.5. The van der Waals surface area contributed by atoms with E-state index >= 15 is 0 Å². The molecule has 0 saturated carbocycles. The Hall–Kier alpha value is -1.47. The third kappa shape index (κ3) is 3.10. The van der Waals surface area contributed by atoms with Crippen LogP contribution in [0.3, 0.4) is 0 Å². The summed E-state index contributed by atoms with van der Waals surface area (Å²) >= 11 is 6.45. The summed E-state index contributed by atoms with van der Waals surface area (Å²) in [6.07, 6.45) is 0. The van der Waals surface area contributed by atoms with Gasteiger partial charge in [0.15, 0.2) is 0 Å². The standard InChI is InChI=1S/C12H11FN2O2S2/c1-7(16)14-10-6-19-12(18)15(11(10)17)9-4-2-8(13)3-5-9/h2-5,10H,6H2,1H3,(H,14,16). The van der Waals surface area contributed by atoms with Gasteiger partial charge >= 0.3 is 0 Å². The van der Waals surface area contributed by atoms with E-state index in [9.17, 15) is 14.0 Å². The van der Waals surface area contributed by atoms with Crippen LogP contribution in [0.1, 0.15) is 6.92 Å². The van der Waals surface area contributed by atoms with Crippen molar-refractivity contribution in [1.29, 1.82) is 0 Å². The number of halogens is 1. The molecule has 0 aliphatic carbocycles. The Labute approximate surface area is 119 Å². The van der Waals surface area contributed by atoms with Gasteiger partial charge in [0.2, 0.25) is 5.91 Å². The number of rotatable bonds is 2. The van der Waals surface area contributed by atoms with Gasteiger partial charge in [-0.25, -0.2) is 4.39 Å². The number of benzene rings is 1. The fourth-order valence-electron chi connectivity index (χ4n) is 1.71. The molecule has 0 bridgehead atoms. The minimum absolute atomic E-state index is 0.272. The van der Waals surface area contributed by atoms with Gasteiger partial charge in [-0.15, -0.1) is 0 Å². The minimum atomic E-state index is -0.612. The fourth-order valence-corrected chi connectivity index (χ4v) is 2.97. The fraction of sp³-hybridized carbons (Fsp3) is 0.250. The van der Waals surface area contributed by atoms with E-state index in [0.717, 1.165) is 0 Å². The monoisotopic (exact) mass is 298 g/mol. The molecule has 1 aromatic rings. The first-order chi connectivity index (χ1) is 8.99. The molecule has 0 spiro atoms. The highest BCUT2D eigenvalue weighted by Crippen LogP contribution is 2.26. The Morgan fingerprint density at radius 3 is 2.68 bits per heavy atom. The first-order valence-corrected chi connectivity index (χ1v) is 6.92. The van der Waals surface area contributed by atoms with Gasteiger partial charge < -0.3 is 5.32 Å². The molecule has 1 aromatic carbocycles. The Morgan fingerprint density at radius 2 is 2.11 bits per heavy atom. The van der Waals surface area contributed by atoms with Crippen LogP contribution < -0.4 is 10.2 Å². The van der Waals surface area contributed by atoms with Crippen LogP contribution in [-0.4, -0.2) is 27.9 Å². The van der Waals surface area contributed by atoms with Crippen molar-refractivity contribution in [3.63, 3.8) is 0 Å². The number of thiocarbonyl (C=S) groups is 1. The summed E-state index contributed by atoms with van der Waals surface area (Å²) in [5.74, 6) is -0.545. The van der Waals surface area contributed by atoms with Gasteiger partial charge in [-0.05, 0) is 24.3 Å². The molecule has 7 heteroatoms. The molecule has 1 saturated heterocycles. The van der Waals surface area contributed by atoms with Crippen LogP contribution >= 0.6 is 24.0 Å². The minimum Gasteiger partial charge on any atom is -0.344 e. The molecule has 19 heavy (non-hydrogen) atoms. The zero-order chi connectivity index (χ0) is 14.0. The molecule has 1 unspecified atom stereocenters. The summed E-state index contributed by atoms with van der Waals surface area (Å²) in [5.41, 5.74) is 0.499. The zero-order valence-corrected chi connectivity index (χ0v) is 11.7. The van der Waals surface area contributed by atoms with Crippen molar-refractivity contribution in [2.24, 2.45) is 0 Å². The van der Waals surface area contributed by atoms with Crippen molar-refractivity contribution in [2.45, 2.75) is 13.0 Å². The van der Waals surface area contributed by atoms with Crippen molar-refractivity contribution in [2.75, 3.05) is 10.7 Å². The molecule has 1 aliphatic heterocycles. The summed E-state index contributed by atoms with van der Waals surface area (Å²) < 4.78 is 13.3. The Morgan fingerprint density at radius 1 is 1.47 bits per heavy atom. The number of thioether (sulfide) groups is 1. The first kappa shape index (κ1) is 14.0. The Kier molecular flexibility index (Phi) is 4.16. The highest BCUT2D eigenvalue weighted by atomic mass is 32.2. The highest BCUT2D eigenvalue weighted by Gasteiger charge is 2.34. The SMILES string of the molecule is CC(=O)NC1CSC(=S)N(c2ccc(F)cc2)C1=O. The molecule has 100 valence electrons. The van der Waals surface area contributed by atoms with Crippen molar-refractivity contribution in [1.82, 2.24) is 5.32 Å². The molecule has 2 amide bonds. The number of hydrogen-bond donors (Lipinski definition) is 1. The van der Waals surface area contributed by atoms with Gasteiger partial charge in [0.05, 0.1) is 5.69 Å². The maximum atomic E-state index is 12.9. The largest absolute Gasteiger partial charge is 0.344 e. The number of amides is 2. The molecule has 1 heterocycles. The molecule has 4 nitrogen and oxygen atoms in total. The topological polar surface area (TPSA) is 49.4 Å². The first-order valence-electron chi connectivity index (χ1n) is 5.52. The predicted octanol–water partition coefficient (Wildman–Crippen LogP) is 1.70. The molecule has 0 radical (unpaired) electrons. The number of carbonyl (C=O) groups excluding carboxylic acids is 2. The second-order valence-electron chi connectivity index (χ2n) is 3.98. The van der Waals surface area contributed by atoms with Crippen LogP contribution in [0.2, 0.25) is 0 Å². The van der Waals surface area contributed by atoms with E-state index in [0.29, 0.717) is 15.8 Å². The summed E-state index contributed by atoms with van der Waals surface area (Å²) in [6, 6.07) is 4.88. The number of carbonyl (C=O) groups is 2. The lowest BCUT2D eigenvalue weighted by Crippen LogP contribution is -2.54. The van der Waals surface area contributed by atoms with Crippen molar-refractivity contribution in [3.05, 3.63) is 30.1 Å². The number of nitrogens with zero attached hydrogens (tertiary/aromatic N) is 1. The summed E-state index contributed by atoms with van der Waals surface area (Å²) in [5, 5.41) is 2.58. The highest BCUT2D eigenvalue weighted by molar-refractivity contribution is 8.23. The molecular formula is C12H11FN2O2S2. The van der Waals surface area contributed by atoms with Crippen molar-refractivity contribution >= 4 is 45.8 Å². The second-order valence-corrected chi connectivity index (χ2v) is 5.63. The molecular weight excluding hydrogens is 287 g/mol. The van der Waals surface area contributed by atoms with Crippen LogP contribution in [0.5, 0.6) is 0 Å². The lowest BCUT2D eigenvalue weighted by Gasteiger charge is -2.32. The average Bonchev–Trinajstić information content (AvgIpc) is 2.35. The molecule has 0 aromatic heterocycles. The van der Waals surface area contributed by atoms with Crippen LogP contribution in [0.15, 0.2) is 24.3 Å².